The van der Waals surface area contributed by atoms with Crippen LogP contribution in [0.1, 0.15) is 11.5 Å². The Morgan fingerprint density at radius 2 is 1.58 bits per heavy atom. The van der Waals surface area contributed by atoms with Gasteiger partial charge in [0.2, 0.25) is 0 Å². The molecule has 3 rings (SSSR count). The zero-order valence-electron chi connectivity index (χ0n) is 16.6. The van der Waals surface area contributed by atoms with Crippen molar-refractivity contribution in [3.8, 4) is 6.07 Å². The number of esters is 2. The van der Waals surface area contributed by atoms with Crippen molar-refractivity contribution in [2.45, 2.75) is 5.92 Å². The summed E-state index contributed by atoms with van der Waals surface area (Å²) in [6, 6.07) is 16.2. The van der Waals surface area contributed by atoms with Crippen LogP contribution in [0, 0.1) is 11.3 Å². The standard InChI is InChI=1S/C22H17Br2N3O4/c1-30-21(28)17-16(12-7-4-3-5-8-12)13(11-25)20(26)27(19(17)22(29)31-2)18-14(23)9-6-10-15(18)24/h3-10,16H,26H2,1-2H3. The van der Waals surface area contributed by atoms with E-state index in [0.29, 0.717) is 20.2 Å². The fourth-order valence-electron chi connectivity index (χ4n) is 3.45. The Balaban J connectivity index is 2.47. The average Bonchev–Trinajstić information content (AvgIpc) is 2.78. The molecule has 1 aliphatic rings. The number of benzene rings is 2. The molecule has 0 bridgehead atoms. The summed E-state index contributed by atoms with van der Waals surface area (Å²) in [6.45, 7) is 0. The van der Waals surface area contributed by atoms with Crippen LogP contribution >= 0.6 is 31.9 Å². The smallest absolute Gasteiger partial charge is 0.355 e. The minimum absolute atomic E-state index is 0.00277. The van der Waals surface area contributed by atoms with E-state index in [9.17, 15) is 14.9 Å². The first-order valence-corrected chi connectivity index (χ1v) is 10.6. The molecular weight excluding hydrogens is 530 g/mol. The number of anilines is 1. The molecule has 0 aromatic heterocycles. The normalized spacial score (nSPS) is 16.1. The van der Waals surface area contributed by atoms with Crippen LogP contribution in [-0.2, 0) is 19.1 Å². The van der Waals surface area contributed by atoms with Crippen LogP contribution in [0.25, 0.3) is 0 Å². The number of para-hydroxylation sites is 1. The van der Waals surface area contributed by atoms with E-state index in [1.54, 1.807) is 48.5 Å². The number of ether oxygens (including phenoxy) is 2. The lowest BCUT2D eigenvalue weighted by molar-refractivity contribution is -0.139. The van der Waals surface area contributed by atoms with Gasteiger partial charge in [-0.05, 0) is 49.6 Å². The summed E-state index contributed by atoms with van der Waals surface area (Å²) in [4.78, 5) is 27.3. The molecule has 0 fully saturated rings. The molecule has 1 aliphatic heterocycles. The maximum Gasteiger partial charge on any atom is 0.355 e. The number of carbonyl (C=O) groups excluding carboxylic acids is 2. The van der Waals surface area contributed by atoms with Crippen LogP contribution in [0.15, 0.2) is 80.1 Å². The van der Waals surface area contributed by atoms with Crippen molar-refractivity contribution in [1.82, 2.24) is 0 Å². The molecule has 31 heavy (non-hydrogen) atoms. The van der Waals surface area contributed by atoms with E-state index in [1.165, 1.54) is 19.1 Å². The molecule has 1 heterocycles. The second-order valence-corrected chi connectivity index (χ2v) is 8.11. The van der Waals surface area contributed by atoms with E-state index in [1.807, 2.05) is 0 Å². The van der Waals surface area contributed by atoms with E-state index in [-0.39, 0.29) is 22.7 Å². The fourth-order valence-corrected chi connectivity index (χ4v) is 4.80. The number of hydrogen-bond donors (Lipinski definition) is 1. The van der Waals surface area contributed by atoms with Gasteiger partial charge in [-0.3, -0.25) is 4.90 Å². The largest absolute Gasteiger partial charge is 0.466 e. The number of nitrogens with zero attached hydrogens (tertiary/aromatic N) is 2. The third-order valence-corrected chi connectivity index (χ3v) is 6.05. The molecule has 0 spiro atoms. The molecule has 0 amide bonds. The van der Waals surface area contributed by atoms with E-state index < -0.39 is 17.9 Å². The lowest BCUT2D eigenvalue weighted by Crippen LogP contribution is -2.41. The summed E-state index contributed by atoms with van der Waals surface area (Å²) in [7, 11) is 2.41. The molecule has 1 unspecified atom stereocenters. The van der Waals surface area contributed by atoms with Crippen molar-refractivity contribution < 1.29 is 19.1 Å². The second-order valence-electron chi connectivity index (χ2n) is 6.41. The Morgan fingerprint density at radius 3 is 2.10 bits per heavy atom. The number of hydrogen-bond acceptors (Lipinski definition) is 7. The summed E-state index contributed by atoms with van der Waals surface area (Å²) in [6.07, 6.45) is 0. The predicted molar refractivity (Wildman–Crippen MR) is 121 cm³/mol. The highest BCUT2D eigenvalue weighted by Crippen LogP contribution is 2.46. The van der Waals surface area contributed by atoms with Crippen LogP contribution in [0.2, 0.25) is 0 Å². The second kappa shape index (κ2) is 9.37. The van der Waals surface area contributed by atoms with Gasteiger partial charge in [-0.25, -0.2) is 9.59 Å². The summed E-state index contributed by atoms with van der Waals surface area (Å²) < 4.78 is 11.2. The first-order chi connectivity index (χ1) is 14.9. The van der Waals surface area contributed by atoms with Gasteiger partial charge in [0.25, 0.3) is 0 Å². The minimum Gasteiger partial charge on any atom is -0.466 e. The van der Waals surface area contributed by atoms with Crippen LogP contribution in [-0.4, -0.2) is 26.2 Å². The number of nitriles is 1. The number of allylic oxidation sites excluding steroid dienone is 1. The third-order valence-electron chi connectivity index (χ3n) is 4.77. The van der Waals surface area contributed by atoms with Gasteiger partial charge in [0, 0.05) is 8.95 Å². The minimum atomic E-state index is -0.912. The molecule has 2 N–H and O–H groups in total. The Bertz CT molecular complexity index is 1130. The SMILES string of the molecule is COC(=O)C1=C(C(=O)OC)N(c2c(Br)cccc2Br)C(N)=C(C#N)C1c1ccccc1. The Labute approximate surface area is 196 Å². The van der Waals surface area contributed by atoms with Gasteiger partial charge in [0.1, 0.15) is 11.5 Å². The lowest BCUT2D eigenvalue weighted by atomic mass is 9.81. The number of halogens is 2. The van der Waals surface area contributed by atoms with Gasteiger partial charge in [-0.2, -0.15) is 5.26 Å². The average molecular weight is 547 g/mol. The molecule has 158 valence electrons. The van der Waals surface area contributed by atoms with Gasteiger partial charge >= 0.3 is 11.9 Å². The van der Waals surface area contributed by atoms with Gasteiger partial charge in [-0.15, -0.1) is 0 Å². The molecule has 7 nitrogen and oxygen atoms in total. The Morgan fingerprint density at radius 1 is 1.00 bits per heavy atom. The summed E-state index contributed by atoms with van der Waals surface area (Å²) in [5.74, 6) is -2.49. The predicted octanol–water partition coefficient (Wildman–Crippen LogP) is 4.11. The topological polar surface area (TPSA) is 106 Å². The van der Waals surface area contributed by atoms with Crippen molar-refractivity contribution in [3.63, 3.8) is 0 Å². The summed E-state index contributed by atoms with van der Waals surface area (Å²) in [5, 5.41) is 10.0. The molecular formula is C22H17Br2N3O4. The molecule has 0 saturated carbocycles. The summed E-state index contributed by atoms with van der Waals surface area (Å²) in [5.41, 5.74) is 7.42. The van der Waals surface area contributed by atoms with Crippen LogP contribution in [0.4, 0.5) is 5.69 Å². The highest BCUT2D eigenvalue weighted by molar-refractivity contribution is 9.11. The van der Waals surface area contributed by atoms with E-state index in [4.69, 9.17) is 15.2 Å². The highest BCUT2D eigenvalue weighted by Gasteiger charge is 2.43. The van der Waals surface area contributed by atoms with Crippen molar-refractivity contribution in [2.75, 3.05) is 19.1 Å². The first-order valence-electron chi connectivity index (χ1n) is 8.96. The lowest BCUT2D eigenvalue weighted by Gasteiger charge is -2.36. The monoisotopic (exact) mass is 545 g/mol. The van der Waals surface area contributed by atoms with Crippen molar-refractivity contribution in [2.24, 2.45) is 5.73 Å². The Kier molecular flexibility index (Phi) is 6.83. The maximum atomic E-state index is 13.0. The van der Waals surface area contributed by atoms with Crippen LogP contribution in [0.3, 0.4) is 0 Å². The van der Waals surface area contributed by atoms with E-state index in [0.717, 1.165) is 0 Å². The molecule has 2 aromatic rings. The molecule has 0 saturated heterocycles. The van der Waals surface area contributed by atoms with Gasteiger partial charge < -0.3 is 15.2 Å². The quantitative estimate of drug-likeness (QED) is 0.575. The first kappa shape index (κ1) is 22.6. The molecule has 0 aliphatic carbocycles. The fraction of sp³-hybridized carbons (Fsp3) is 0.136. The van der Waals surface area contributed by atoms with Crippen molar-refractivity contribution in [1.29, 1.82) is 5.26 Å². The molecule has 9 heteroatoms. The number of rotatable bonds is 4. The van der Waals surface area contributed by atoms with Gasteiger partial charge in [0.05, 0.1) is 43.0 Å². The zero-order valence-corrected chi connectivity index (χ0v) is 19.7. The van der Waals surface area contributed by atoms with E-state index >= 15 is 0 Å². The highest BCUT2D eigenvalue weighted by atomic mass is 79.9. The van der Waals surface area contributed by atoms with Crippen molar-refractivity contribution in [3.05, 3.63) is 85.7 Å². The molecule has 0 radical (unpaired) electrons. The number of methoxy groups -OCH3 is 2. The van der Waals surface area contributed by atoms with Crippen LogP contribution in [0.5, 0.6) is 0 Å². The Hall–Kier alpha value is -3.09. The molecule has 1 atom stereocenters. The van der Waals surface area contributed by atoms with Crippen LogP contribution < -0.4 is 10.6 Å². The summed E-state index contributed by atoms with van der Waals surface area (Å²) >= 11 is 6.92. The van der Waals surface area contributed by atoms with Gasteiger partial charge in [0.15, 0.2) is 0 Å². The number of carbonyl (C=O) groups is 2. The maximum absolute atomic E-state index is 13.0. The van der Waals surface area contributed by atoms with E-state index in [2.05, 4.69) is 37.9 Å². The number of nitrogens with two attached hydrogens (primary N) is 1. The van der Waals surface area contributed by atoms with Gasteiger partial charge in [-0.1, -0.05) is 36.4 Å². The zero-order chi connectivity index (χ0) is 22.7. The molecule has 2 aromatic carbocycles. The third kappa shape index (κ3) is 3.96. The van der Waals surface area contributed by atoms with Crippen molar-refractivity contribution >= 4 is 49.5 Å².